The summed E-state index contributed by atoms with van der Waals surface area (Å²) in [5, 5.41) is 12.5. The van der Waals surface area contributed by atoms with Crippen molar-refractivity contribution < 1.29 is 14.6 Å². The molecule has 0 bridgehead atoms. The first-order valence-corrected chi connectivity index (χ1v) is 9.51. The predicted molar refractivity (Wildman–Crippen MR) is 109 cm³/mol. The average Bonchev–Trinajstić information content (AvgIpc) is 2.57. The number of benzene rings is 2. The Hall–Kier alpha value is -2.33. The Morgan fingerprint density at radius 1 is 1.07 bits per heavy atom. The van der Waals surface area contributed by atoms with Gasteiger partial charge in [-0.25, -0.2) is 0 Å². The van der Waals surface area contributed by atoms with E-state index in [0.29, 0.717) is 25.5 Å². The van der Waals surface area contributed by atoms with Crippen molar-refractivity contribution in [3.05, 3.63) is 64.2 Å². The predicted octanol–water partition coefficient (Wildman–Crippen LogP) is 4.78. The van der Waals surface area contributed by atoms with Crippen molar-refractivity contribution in [1.82, 2.24) is 5.32 Å². The van der Waals surface area contributed by atoms with Gasteiger partial charge < -0.3 is 15.2 Å². The molecule has 0 amide bonds. The van der Waals surface area contributed by atoms with Crippen LogP contribution < -0.4 is 10.1 Å². The van der Waals surface area contributed by atoms with Crippen LogP contribution in [0.25, 0.3) is 0 Å². The van der Waals surface area contributed by atoms with E-state index in [2.05, 4.69) is 42.6 Å². The van der Waals surface area contributed by atoms with Crippen LogP contribution in [0.5, 0.6) is 5.75 Å². The van der Waals surface area contributed by atoms with E-state index in [1.807, 2.05) is 33.8 Å². The molecular weight excluding hydrogens is 338 g/mol. The first kappa shape index (κ1) is 21.0. The van der Waals surface area contributed by atoms with Gasteiger partial charge in [-0.1, -0.05) is 55.8 Å². The molecule has 1 unspecified atom stereocenters. The van der Waals surface area contributed by atoms with Crippen LogP contribution in [0.15, 0.2) is 36.4 Å². The standard InChI is InChI=1S/C23H31NO3/c1-15(2)9-21(23(25)26)24-13-20-11-17(4)22(18(5)12-20)27-14-19-8-6-7-16(3)10-19/h6-8,10-12,15,21,24H,9,13-14H2,1-5H3,(H,25,26). The molecule has 2 aromatic carbocycles. The van der Waals surface area contributed by atoms with E-state index in [4.69, 9.17) is 4.74 Å². The zero-order valence-electron chi connectivity index (χ0n) is 17.0. The number of carboxylic acids is 1. The average molecular weight is 370 g/mol. The SMILES string of the molecule is Cc1cccc(COc2c(C)cc(CNC(CC(C)C)C(=O)O)cc2C)c1. The van der Waals surface area contributed by atoms with Crippen LogP contribution >= 0.6 is 0 Å². The molecule has 27 heavy (non-hydrogen) atoms. The maximum absolute atomic E-state index is 11.4. The zero-order chi connectivity index (χ0) is 20.0. The van der Waals surface area contributed by atoms with Crippen LogP contribution in [0, 0.1) is 26.7 Å². The molecule has 0 aliphatic carbocycles. The first-order valence-electron chi connectivity index (χ1n) is 9.51. The molecule has 0 saturated heterocycles. The number of hydrogen-bond acceptors (Lipinski definition) is 3. The van der Waals surface area contributed by atoms with Gasteiger partial charge in [-0.15, -0.1) is 0 Å². The third-order valence-electron chi connectivity index (χ3n) is 4.54. The van der Waals surface area contributed by atoms with Gasteiger partial charge in [0.25, 0.3) is 0 Å². The summed E-state index contributed by atoms with van der Waals surface area (Å²) in [6.45, 7) is 11.3. The molecule has 0 aliphatic heterocycles. The first-order chi connectivity index (χ1) is 12.8. The van der Waals surface area contributed by atoms with Crippen molar-refractivity contribution in [3.63, 3.8) is 0 Å². The maximum atomic E-state index is 11.4. The van der Waals surface area contributed by atoms with Gasteiger partial charge in [-0.3, -0.25) is 4.79 Å². The van der Waals surface area contributed by atoms with E-state index in [1.165, 1.54) is 5.56 Å². The van der Waals surface area contributed by atoms with Gasteiger partial charge in [-0.2, -0.15) is 0 Å². The van der Waals surface area contributed by atoms with Gasteiger partial charge >= 0.3 is 5.97 Å². The number of nitrogens with one attached hydrogen (secondary N) is 1. The van der Waals surface area contributed by atoms with E-state index < -0.39 is 12.0 Å². The minimum Gasteiger partial charge on any atom is -0.488 e. The van der Waals surface area contributed by atoms with Crippen LogP contribution in [-0.2, 0) is 17.9 Å². The molecule has 1 atom stereocenters. The van der Waals surface area contributed by atoms with Gasteiger partial charge in [0.1, 0.15) is 18.4 Å². The molecule has 146 valence electrons. The van der Waals surface area contributed by atoms with Crippen LogP contribution in [0.4, 0.5) is 0 Å². The summed E-state index contributed by atoms with van der Waals surface area (Å²) in [7, 11) is 0. The van der Waals surface area contributed by atoms with E-state index in [0.717, 1.165) is 28.0 Å². The van der Waals surface area contributed by atoms with Crippen LogP contribution in [-0.4, -0.2) is 17.1 Å². The summed E-state index contributed by atoms with van der Waals surface area (Å²) in [6.07, 6.45) is 0.616. The highest BCUT2D eigenvalue weighted by Crippen LogP contribution is 2.26. The molecule has 0 radical (unpaired) electrons. The van der Waals surface area contributed by atoms with E-state index in [9.17, 15) is 9.90 Å². The molecule has 2 N–H and O–H groups in total. The second kappa shape index (κ2) is 9.56. The summed E-state index contributed by atoms with van der Waals surface area (Å²) < 4.78 is 6.07. The Balaban J connectivity index is 2.04. The summed E-state index contributed by atoms with van der Waals surface area (Å²) in [5.41, 5.74) is 5.58. The normalized spacial score (nSPS) is 12.2. The molecule has 4 nitrogen and oxygen atoms in total. The van der Waals surface area contributed by atoms with Crippen molar-refractivity contribution in [1.29, 1.82) is 0 Å². The fraction of sp³-hybridized carbons (Fsp3) is 0.435. The Morgan fingerprint density at radius 2 is 1.74 bits per heavy atom. The third kappa shape index (κ3) is 6.40. The van der Waals surface area contributed by atoms with E-state index in [1.54, 1.807) is 0 Å². The largest absolute Gasteiger partial charge is 0.488 e. The van der Waals surface area contributed by atoms with Gasteiger partial charge in [0, 0.05) is 6.54 Å². The molecule has 0 spiro atoms. The van der Waals surface area contributed by atoms with Gasteiger partial charge in [0.15, 0.2) is 0 Å². The smallest absolute Gasteiger partial charge is 0.320 e. The highest BCUT2D eigenvalue weighted by atomic mass is 16.5. The van der Waals surface area contributed by atoms with E-state index in [-0.39, 0.29) is 0 Å². The Bertz CT molecular complexity index is 760. The zero-order valence-corrected chi connectivity index (χ0v) is 17.0. The number of hydrogen-bond donors (Lipinski definition) is 2. The van der Waals surface area contributed by atoms with Crippen molar-refractivity contribution in [2.75, 3.05) is 0 Å². The summed E-state index contributed by atoms with van der Waals surface area (Å²) in [4.78, 5) is 11.4. The highest BCUT2D eigenvalue weighted by Gasteiger charge is 2.18. The molecule has 4 heteroatoms. The molecular formula is C23H31NO3. The Kier molecular flexibility index (Phi) is 7.43. The highest BCUT2D eigenvalue weighted by molar-refractivity contribution is 5.73. The lowest BCUT2D eigenvalue weighted by molar-refractivity contribution is -0.140. The minimum atomic E-state index is -0.796. The topological polar surface area (TPSA) is 58.6 Å². The van der Waals surface area contributed by atoms with E-state index >= 15 is 0 Å². The Morgan fingerprint density at radius 3 is 2.30 bits per heavy atom. The fourth-order valence-corrected chi connectivity index (χ4v) is 3.31. The molecule has 0 aliphatic rings. The molecule has 0 fully saturated rings. The van der Waals surface area contributed by atoms with Crippen LogP contribution in [0.2, 0.25) is 0 Å². The van der Waals surface area contributed by atoms with Crippen molar-refractivity contribution in [3.8, 4) is 5.75 Å². The lowest BCUT2D eigenvalue weighted by Gasteiger charge is -2.18. The monoisotopic (exact) mass is 369 g/mol. The number of carboxylic acid groups (broad SMARTS) is 1. The van der Waals surface area contributed by atoms with Crippen molar-refractivity contribution in [2.45, 2.75) is 60.2 Å². The summed E-state index contributed by atoms with van der Waals surface area (Å²) in [5.74, 6) is 0.437. The third-order valence-corrected chi connectivity index (χ3v) is 4.54. The number of ether oxygens (including phenoxy) is 1. The molecule has 2 aromatic rings. The van der Waals surface area contributed by atoms with Gasteiger partial charge in [0.05, 0.1) is 0 Å². The lowest BCUT2D eigenvalue weighted by atomic mass is 10.0. The number of aryl methyl sites for hydroxylation is 3. The number of carbonyl (C=O) groups is 1. The van der Waals surface area contributed by atoms with Crippen molar-refractivity contribution >= 4 is 5.97 Å². The Labute approximate surface area is 162 Å². The fourth-order valence-electron chi connectivity index (χ4n) is 3.31. The molecule has 2 rings (SSSR count). The molecule has 0 aromatic heterocycles. The molecule has 0 heterocycles. The quantitative estimate of drug-likeness (QED) is 0.668. The number of rotatable bonds is 9. The molecule has 0 saturated carbocycles. The minimum absolute atomic E-state index is 0.333. The van der Waals surface area contributed by atoms with Crippen molar-refractivity contribution in [2.24, 2.45) is 5.92 Å². The summed E-state index contributed by atoms with van der Waals surface area (Å²) in [6, 6.07) is 11.9. The maximum Gasteiger partial charge on any atom is 0.320 e. The second-order valence-corrected chi connectivity index (χ2v) is 7.74. The second-order valence-electron chi connectivity index (χ2n) is 7.74. The van der Waals surface area contributed by atoms with Gasteiger partial charge in [-0.05, 0) is 55.4 Å². The lowest BCUT2D eigenvalue weighted by Crippen LogP contribution is -2.37. The summed E-state index contributed by atoms with van der Waals surface area (Å²) >= 11 is 0. The van der Waals surface area contributed by atoms with Crippen LogP contribution in [0.1, 0.15) is 48.1 Å². The van der Waals surface area contributed by atoms with Gasteiger partial charge in [0.2, 0.25) is 0 Å². The van der Waals surface area contributed by atoms with Crippen LogP contribution in [0.3, 0.4) is 0 Å². The number of aliphatic carboxylic acids is 1.